The highest BCUT2D eigenvalue weighted by Crippen LogP contribution is 2.28. The third-order valence-corrected chi connectivity index (χ3v) is 4.51. The minimum atomic E-state index is -0.131. The highest BCUT2D eigenvalue weighted by Gasteiger charge is 2.30. The molecule has 0 atom stereocenters. The van der Waals surface area contributed by atoms with E-state index >= 15 is 0 Å². The summed E-state index contributed by atoms with van der Waals surface area (Å²) in [5.74, 6) is 0. The molecule has 0 spiro atoms. The summed E-state index contributed by atoms with van der Waals surface area (Å²) in [5, 5.41) is 3.62. The summed E-state index contributed by atoms with van der Waals surface area (Å²) in [6.45, 7) is 7.32. The van der Waals surface area contributed by atoms with Gasteiger partial charge in [0, 0.05) is 23.8 Å². The topological polar surface area (TPSA) is 64.1 Å². The molecule has 1 fully saturated rings. The van der Waals surface area contributed by atoms with Gasteiger partial charge in [0.15, 0.2) is 0 Å². The predicted molar refractivity (Wildman–Crippen MR) is 87.0 cm³/mol. The minimum absolute atomic E-state index is 0.131. The van der Waals surface area contributed by atoms with Crippen LogP contribution in [0, 0.1) is 0 Å². The van der Waals surface area contributed by atoms with Crippen LogP contribution >= 0.6 is 0 Å². The lowest BCUT2D eigenvalue weighted by molar-refractivity contribution is 0.289. The molecule has 0 bridgehead atoms. The van der Waals surface area contributed by atoms with E-state index in [-0.39, 0.29) is 11.0 Å². The number of benzene rings is 1. The van der Waals surface area contributed by atoms with E-state index in [9.17, 15) is 0 Å². The molecule has 3 heteroatoms. The number of hydrogen-bond donors (Lipinski definition) is 3. The van der Waals surface area contributed by atoms with E-state index in [1.54, 1.807) is 0 Å². The molecule has 0 unspecified atom stereocenters. The largest absolute Gasteiger partial charge is 0.382 e. The van der Waals surface area contributed by atoms with Gasteiger partial charge in [0.2, 0.25) is 0 Å². The molecule has 1 saturated carbocycles. The van der Waals surface area contributed by atoms with Gasteiger partial charge in [-0.2, -0.15) is 0 Å². The summed E-state index contributed by atoms with van der Waals surface area (Å²) in [5.41, 5.74) is 14.6. The summed E-state index contributed by atoms with van der Waals surface area (Å²) < 4.78 is 0. The first kappa shape index (κ1) is 15.3. The molecule has 0 radical (unpaired) electrons. The summed E-state index contributed by atoms with van der Waals surface area (Å²) in [7, 11) is 0. The van der Waals surface area contributed by atoms with Crippen LogP contribution < -0.4 is 16.8 Å². The molecule has 1 aliphatic rings. The maximum absolute atomic E-state index is 6.23. The SMILES string of the molecule is CC(C)(C)c1ccc(NC2CCC(N)(CN)CC2)cc1. The van der Waals surface area contributed by atoms with Gasteiger partial charge < -0.3 is 16.8 Å². The van der Waals surface area contributed by atoms with Gasteiger partial charge >= 0.3 is 0 Å². The first-order valence-electron chi connectivity index (χ1n) is 7.68. The van der Waals surface area contributed by atoms with E-state index in [1.165, 1.54) is 11.3 Å². The second-order valence-corrected chi connectivity index (χ2v) is 7.31. The first-order chi connectivity index (χ1) is 9.32. The second-order valence-electron chi connectivity index (χ2n) is 7.31. The normalized spacial score (nSPS) is 27.4. The molecule has 1 aromatic carbocycles. The van der Waals surface area contributed by atoms with E-state index in [2.05, 4.69) is 50.4 Å². The average Bonchev–Trinajstić information content (AvgIpc) is 2.41. The predicted octanol–water partition coefficient (Wildman–Crippen LogP) is 2.99. The van der Waals surface area contributed by atoms with Crippen molar-refractivity contribution in [3.05, 3.63) is 29.8 Å². The molecule has 0 aromatic heterocycles. The molecule has 2 rings (SSSR count). The van der Waals surface area contributed by atoms with E-state index < -0.39 is 0 Å². The summed E-state index contributed by atoms with van der Waals surface area (Å²) in [6, 6.07) is 9.34. The Kier molecular flexibility index (Phi) is 4.40. The van der Waals surface area contributed by atoms with Crippen LogP contribution in [0.15, 0.2) is 24.3 Å². The van der Waals surface area contributed by atoms with Gasteiger partial charge in [-0.3, -0.25) is 0 Å². The Labute approximate surface area is 123 Å². The van der Waals surface area contributed by atoms with Crippen molar-refractivity contribution in [1.29, 1.82) is 0 Å². The van der Waals surface area contributed by atoms with E-state index in [4.69, 9.17) is 11.5 Å². The third-order valence-electron chi connectivity index (χ3n) is 4.51. The molecule has 1 aromatic rings. The first-order valence-corrected chi connectivity index (χ1v) is 7.68. The highest BCUT2D eigenvalue weighted by atomic mass is 14.9. The van der Waals surface area contributed by atoms with Gasteiger partial charge in [-0.15, -0.1) is 0 Å². The fraction of sp³-hybridized carbons (Fsp3) is 0.647. The van der Waals surface area contributed by atoms with Crippen molar-refractivity contribution in [2.75, 3.05) is 11.9 Å². The monoisotopic (exact) mass is 275 g/mol. The maximum Gasteiger partial charge on any atom is 0.0342 e. The molecule has 20 heavy (non-hydrogen) atoms. The van der Waals surface area contributed by atoms with Crippen LogP contribution in [0.3, 0.4) is 0 Å². The van der Waals surface area contributed by atoms with Crippen molar-refractivity contribution < 1.29 is 0 Å². The Morgan fingerprint density at radius 3 is 2.15 bits per heavy atom. The van der Waals surface area contributed by atoms with Gasteiger partial charge in [0.05, 0.1) is 0 Å². The summed E-state index contributed by atoms with van der Waals surface area (Å²) in [6.07, 6.45) is 4.24. The fourth-order valence-corrected chi connectivity index (χ4v) is 2.84. The fourth-order valence-electron chi connectivity index (χ4n) is 2.84. The second kappa shape index (κ2) is 5.74. The molecule has 0 aliphatic heterocycles. The molecular formula is C17H29N3. The third kappa shape index (κ3) is 3.74. The smallest absolute Gasteiger partial charge is 0.0342 e. The zero-order valence-corrected chi connectivity index (χ0v) is 13.1. The Morgan fingerprint density at radius 2 is 1.70 bits per heavy atom. The minimum Gasteiger partial charge on any atom is -0.382 e. The van der Waals surface area contributed by atoms with Crippen molar-refractivity contribution in [3.8, 4) is 0 Å². The number of anilines is 1. The van der Waals surface area contributed by atoms with Crippen LogP contribution in [0.2, 0.25) is 0 Å². The molecule has 1 aliphatic carbocycles. The van der Waals surface area contributed by atoms with Crippen molar-refractivity contribution >= 4 is 5.69 Å². The van der Waals surface area contributed by atoms with Crippen molar-refractivity contribution in [3.63, 3.8) is 0 Å². The molecule has 0 amide bonds. The lowest BCUT2D eigenvalue weighted by Crippen LogP contribution is -2.51. The van der Waals surface area contributed by atoms with E-state index in [0.29, 0.717) is 12.6 Å². The molecule has 3 nitrogen and oxygen atoms in total. The number of hydrogen-bond acceptors (Lipinski definition) is 3. The molecule has 112 valence electrons. The highest BCUT2D eigenvalue weighted by molar-refractivity contribution is 5.46. The van der Waals surface area contributed by atoms with Crippen LogP contribution in [0.5, 0.6) is 0 Å². The number of nitrogens with one attached hydrogen (secondary N) is 1. The Balaban J connectivity index is 1.92. The standard InChI is InChI=1S/C17H29N3/c1-16(2,3)13-4-6-14(7-5-13)20-15-8-10-17(19,12-18)11-9-15/h4-7,15,20H,8-12,18-19H2,1-3H3. The zero-order chi connectivity index (χ0) is 14.8. The van der Waals surface area contributed by atoms with Crippen LogP contribution in [0.1, 0.15) is 52.0 Å². The average molecular weight is 275 g/mol. The van der Waals surface area contributed by atoms with E-state index in [0.717, 1.165) is 25.7 Å². The van der Waals surface area contributed by atoms with Crippen molar-refractivity contribution in [2.45, 2.75) is 63.5 Å². The Hall–Kier alpha value is -1.06. The lowest BCUT2D eigenvalue weighted by Gasteiger charge is -2.36. The van der Waals surface area contributed by atoms with Crippen molar-refractivity contribution in [2.24, 2.45) is 11.5 Å². The molecule has 0 heterocycles. The van der Waals surface area contributed by atoms with Gasteiger partial charge in [-0.05, 0) is 48.8 Å². The lowest BCUT2D eigenvalue weighted by atomic mass is 9.80. The molecular weight excluding hydrogens is 246 g/mol. The quantitative estimate of drug-likeness (QED) is 0.794. The van der Waals surface area contributed by atoms with Gasteiger partial charge in [-0.1, -0.05) is 32.9 Å². The van der Waals surface area contributed by atoms with Crippen LogP contribution in [0.4, 0.5) is 5.69 Å². The zero-order valence-electron chi connectivity index (χ0n) is 13.1. The molecule has 0 saturated heterocycles. The number of rotatable bonds is 3. The maximum atomic E-state index is 6.23. The van der Waals surface area contributed by atoms with Crippen LogP contribution in [-0.4, -0.2) is 18.1 Å². The Bertz CT molecular complexity index is 423. The van der Waals surface area contributed by atoms with Gasteiger partial charge in [0.25, 0.3) is 0 Å². The Morgan fingerprint density at radius 1 is 1.15 bits per heavy atom. The van der Waals surface area contributed by atoms with E-state index in [1.807, 2.05) is 0 Å². The van der Waals surface area contributed by atoms with Crippen LogP contribution in [-0.2, 0) is 5.41 Å². The molecule has 5 N–H and O–H groups in total. The van der Waals surface area contributed by atoms with Crippen LogP contribution in [0.25, 0.3) is 0 Å². The number of nitrogens with two attached hydrogens (primary N) is 2. The summed E-state index contributed by atoms with van der Waals surface area (Å²) >= 11 is 0. The van der Waals surface area contributed by atoms with Gasteiger partial charge in [0.1, 0.15) is 0 Å². The summed E-state index contributed by atoms with van der Waals surface area (Å²) in [4.78, 5) is 0. The van der Waals surface area contributed by atoms with Gasteiger partial charge in [-0.25, -0.2) is 0 Å². The van der Waals surface area contributed by atoms with Crippen molar-refractivity contribution in [1.82, 2.24) is 0 Å².